The smallest absolute Gasteiger partial charge is 0.272 e. The number of fused-ring (bicyclic) bond motifs is 1. The summed E-state index contributed by atoms with van der Waals surface area (Å²) in [5.41, 5.74) is 3.37. The van der Waals surface area contributed by atoms with Crippen molar-refractivity contribution in [1.29, 1.82) is 0 Å². The standard InChI is InChI=1S/C22H20N6O/c29-22(19-7-1-2-11-24-19)27-12-4-6-18(14-27)21-25-20-9-8-17(15-28(20)26-21)16-5-3-10-23-13-16/h1-3,5,7-11,13,15,18H,4,6,12,14H2/t18-/m1/s1. The lowest BCUT2D eigenvalue weighted by molar-refractivity contribution is 0.0698. The summed E-state index contributed by atoms with van der Waals surface area (Å²) in [4.78, 5) is 27.7. The molecular weight excluding hydrogens is 364 g/mol. The molecule has 1 aliphatic rings. The molecule has 1 atom stereocenters. The van der Waals surface area contributed by atoms with E-state index >= 15 is 0 Å². The first-order valence-electron chi connectivity index (χ1n) is 9.75. The predicted octanol–water partition coefficient (Wildman–Crippen LogP) is 3.21. The largest absolute Gasteiger partial charge is 0.337 e. The van der Waals surface area contributed by atoms with E-state index < -0.39 is 0 Å². The highest BCUT2D eigenvalue weighted by molar-refractivity contribution is 5.92. The Morgan fingerprint density at radius 1 is 1.03 bits per heavy atom. The number of piperidine rings is 1. The summed E-state index contributed by atoms with van der Waals surface area (Å²) in [5.74, 6) is 0.878. The van der Waals surface area contributed by atoms with Crippen molar-refractivity contribution in [3.63, 3.8) is 0 Å². The summed E-state index contributed by atoms with van der Waals surface area (Å²) in [6.45, 7) is 1.35. The van der Waals surface area contributed by atoms with E-state index in [0.717, 1.165) is 42.0 Å². The molecule has 0 N–H and O–H groups in total. The number of nitrogens with zero attached hydrogens (tertiary/aromatic N) is 6. The summed E-state index contributed by atoms with van der Waals surface area (Å²) in [7, 11) is 0. The molecule has 144 valence electrons. The van der Waals surface area contributed by atoms with E-state index in [0.29, 0.717) is 12.2 Å². The molecule has 7 nitrogen and oxygen atoms in total. The number of aromatic nitrogens is 5. The zero-order chi connectivity index (χ0) is 19.6. The van der Waals surface area contributed by atoms with Crippen molar-refractivity contribution in [3.05, 3.63) is 78.8 Å². The third kappa shape index (κ3) is 3.47. The van der Waals surface area contributed by atoms with Crippen LogP contribution < -0.4 is 0 Å². The van der Waals surface area contributed by atoms with Gasteiger partial charge in [-0.2, -0.15) is 5.10 Å². The van der Waals surface area contributed by atoms with E-state index in [-0.39, 0.29) is 11.8 Å². The molecule has 1 amide bonds. The van der Waals surface area contributed by atoms with Gasteiger partial charge in [-0.15, -0.1) is 0 Å². The lowest BCUT2D eigenvalue weighted by Crippen LogP contribution is -2.39. The summed E-state index contributed by atoms with van der Waals surface area (Å²) in [6, 6.07) is 13.4. The first-order valence-corrected chi connectivity index (χ1v) is 9.75. The molecule has 0 radical (unpaired) electrons. The quantitative estimate of drug-likeness (QED) is 0.542. The average Bonchev–Trinajstić information content (AvgIpc) is 3.23. The molecule has 1 saturated heterocycles. The number of carbonyl (C=O) groups excluding carboxylic acids is 1. The Kier molecular flexibility index (Phi) is 4.48. The normalized spacial score (nSPS) is 16.8. The summed E-state index contributed by atoms with van der Waals surface area (Å²) in [5, 5.41) is 4.72. The first kappa shape index (κ1) is 17.5. The van der Waals surface area contributed by atoms with Gasteiger partial charge in [0.1, 0.15) is 5.69 Å². The van der Waals surface area contributed by atoms with E-state index in [1.807, 2.05) is 58.2 Å². The Morgan fingerprint density at radius 3 is 2.83 bits per heavy atom. The lowest BCUT2D eigenvalue weighted by Gasteiger charge is -2.31. The molecule has 29 heavy (non-hydrogen) atoms. The monoisotopic (exact) mass is 384 g/mol. The highest BCUT2D eigenvalue weighted by atomic mass is 16.2. The van der Waals surface area contributed by atoms with Gasteiger partial charge in [0.25, 0.3) is 5.91 Å². The Balaban J connectivity index is 1.39. The Bertz CT molecular complexity index is 1140. The molecule has 0 bridgehead atoms. The number of pyridine rings is 3. The second kappa shape index (κ2) is 7.43. The van der Waals surface area contributed by atoms with E-state index in [1.165, 1.54) is 0 Å². The van der Waals surface area contributed by atoms with Gasteiger partial charge < -0.3 is 4.90 Å². The van der Waals surface area contributed by atoms with Crippen LogP contribution >= 0.6 is 0 Å². The maximum Gasteiger partial charge on any atom is 0.272 e. The zero-order valence-electron chi connectivity index (χ0n) is 15.8. The van der Waals surface area contributed by atoms with Crippen molar-refractivity contribution in [2.45, 2.75) is 18.8 Å². The second-order valence-electron chi connectivity index (χ2n) is 7.24. The molecule has 0 aromatic carbocycles. The van der Waals surface area contributed by atoms with Crippen LogP contribution in [0.4, 0.5) is 0 Å². The van der Waals surface area contributed by atoms with E-state index in [2.05, 4.69) is 9.97 Å². The SMILES string of the molecule is O=C(c1ccccn1)N1CCC[C@@H](c2nc3ccc(-c4cccnc4)cn3n2)C1. The molecule has 0 spiro atoms. The van der Waals surface area contributed by atoms with Gasteiger partial charge in [0, 0.05) is 54.9 Å². The van der Waals surface area contributed by atoms with Crippen LogP contribution in [-0.2, 0) is 0 Å². The Morgan fingerprint density at radius 2 is 2.00 bits per heavy atom. The fraction of sp³-hybridized carbons (Fsp3) is 0.227. The van der Waals surface area contributed by atoms with Crippen LogP contribution in [0.5, 0.6) is 0 Å². The van der Waals surface area contributed by atoms with Crippen LogP contribution in [0.2, 0.25) is 0 Å². The molecule has 1 fully saturated rings. The highest BCUT2D eigenvalue weighted by Crippen LogP contribution is 2.26. The van der Waals surface area contributed by atoms with Gasteiger partial charge in [-0.3, -0.25) is 14.8 Å². The molecule has 4 aromatic heterocycles. The van der Waals surface area contributed by atoms with Gasteiger partial charge >= 0.3 is 0 Å². The summed E-state index contributed by atoms with van der Waals surface area (Å²) in [6.07, 6.45) is 9.12. The maximum atomic E-state index is 12.8. The maximum absolute atomic E-state index is 12.8. The number of carbonyl (C=O) groups is 1. The molecule has 7 heteroatoms. The van der Waals surface area contributed by atoms with Crippen molar-refractivity contribution in [2.24, 2.45) is 0 Å². The van der Waals surface area contributed by atoms with Crippen molar-refractivity contribution in [1.82, 2.24) is 29.5 Å². The number of amides is 1. The Hall–Kier alpha value is -3.61. The molecule has 0 aliphatic carbocycles. The highest BCUT2D eigenvalue weighted by Gasteiger charge is 2.28. The van der Waals surface area contributed by atoms with Crippen LogP contribution in [0, 0.1) is 0 Å². The third-order valence-electron chi connectivity index (χ3n) is 5.30. The van der Waals surface area contributed by atoms with Crippen LogP contribution in [0.1, 0.15) is 35.1 Å². The van der Waals surface area contributed by atoms with E-state index in [9.17, 15) is 4.79 Å². The van der Waals surface area contributed by atoms with Gasteiger partial charge in [0.05, 0.1) is 0 Å². The molecule has 1 aliphatic heterocycles. The van der Waals surface area contributed by atoms with E-state index in [1.54, 1.807) is 18.5 Å². The minimum atomic E-state index is -0.0297. The molecule has 5 rings (SSSR count). The minimum Gasteiger partial charge on any atom is -0.337 e. The Labute approximate surface area is 168 Å². The molecule has 4 aromatic rings. The molecular formula is C22H20N6O. The first-order chi connectivity index (χ1) is 14.3. The minimum absolute atomic E-state index is 0.0297. The topological polar surface area (TPSA) is 76.3 Å². The second-order valence-corrected chi connectivity index (χ2v) is 7.24. The summed E-state index contributed by atoms with van der Waals surface area (Å²) < 4.78 is 1.82. The third-order valence-corrected chi connectivity index (χ3v) is 5.30. The van der Waals surface area contributed by atoms with Crippen molar-refractivity contribution in [3.8, 4) is 11.1 Å². The van der Waals surface area contributed by atoms with Crippen LogP contribution in [-0.4, -0.2) is 48.5 Å². The van der Waals surface area contributed by atoms with Crippen LogP contribution in [0.15, 0.2) is 67.3 Å². The number of rotatable bonds is 3. The molecule has 0 saturated carbocycles. The molecule has 5 heterocycles. The van der Waals surface area contributed by atoms with Crippen molar-refractivity contribution < 1.29 is 4.79 Å². The zero-order valence-corrected chi connectivity index (χ0v) is 15.8. The van der Waals surface area contributed by atoms with Gasteiger partial charge in [-0.25, -0.2) is 9.50 Å². The predicted molar refractivity (Wildman–Crippen MR) is 108 cm³/mol. The fourth-order valence-corrected chi connectivity index (χ4v) is 3.80. The van der Waals surface area contributed by atoms with Crippen LogP contribution in [0.25, 0.3) is 16.8 Å². The number of likely N-dealkylation sites (tertiary alicyclic amines) is 1. The summed E-state index contributed by atoms with van der Waals surface area (Å²) >= 11 is 0. The van der Waals surface area contributed by atoms with Gasteiger partial charge in [-0.1, -0.05) is 12.1 Å². The average molecular weight is 384 g/mol. The number of hydrogen-bond acceptors (Lipinski definition) is 5. The van der Waals surface area contributed by atoms with E-state index in [4.69, 9.17) is 10.1 Å². The van der Waals surface area contributed by atoms with Gasteiger partial charge in [-0.05, 0) is 43.2 Å². The van der Waals surface area contributed by atoms with Gasteiger partial charge in [0.15, 0.2) is 11.5 Å². The lowest BCUT2D eigenvalue weighted by atomic mass is 9.97. The van der Waals surface area contributed by atoms with Crippen molar-refractivity contribution >= 4 is 11.6 Å². The van der Waals surface area contributed by atoms with Crippen LogP contribution in [0.3, 0.4) is 0 Å². The van der Waals surface area contributed by atoms with Crippen molar-refractivity contribution in [2.75, 3.05) is 13.1 Å². The fourth-order valence-electron chi connectivity index (χ4n) is 3.80. The number of hydrogen-bond donors (Lipinski definition) is 0. The van der Waals surface area contributed by atoms with Gasteiger partial charge in [0.2, 0.25) is 0 Å². The molecule has 0 unspecified atom stereocenters.